The first kappa shape index (κ1) is 16.5. The lowest BCUT2D eigenvalue weighted by atomic mass is 10.1. The molecule has 0 spiro atoms. The van der Waals surface area contributed by atoms with Crippen molar-refractivity contribution in [2.24, 2.45) is 0 Å². The van der Waals surface area contributed by atoms with Crippen molar-refractivity contribution >= 4 is 10.0 Å². The second kappa shape index (κ2) is 6.50. The molecule has 1 aromatic carbocycles. The lowest BCUT2D eigenvalue weighted by Crippen LogP contribution is -2.24. The predicted octanol–water partition coefficient (Wildman–Crippen LogP) is 2.21. The number of aromatic nitrogens is 2. The lowest BCUT2D eigenvalue weighted by Gasteiger charge is -2.10. The fourth-order valence-corrected chi connectivity index (χ4v) is 3.71. The number of ether oxygens (including phenoxy) is 1. The maximum atomic E-state index is 12.4. The lowest BCUT2D eigenvalue weighted by molar-refractivity contribution is 0.338. The van der Waals surface area contributed by atoms with Gasteiger partial charge < -0.3 is 4.74 Å². The topological polar surface area (TPSA) is 84.1 Å². The number of aromatic amines is 1. The number of rotatable bonds is 6. The first-order valence-electron chi connectivity index (χ1n) is 7.08. The quantitative estimate of drug-likeness (QED) is 0.853. The highest BCUT2D eigenvalue weighted by molar-refractivity contribution is 7.89. The Morgan fingerprint density at radius 3 is 2.55 bits per heavy atom. The van der Waals surface area contributed by atoms with Gasteiger partial charge in [-0.2, -0.15) is 5.10 Å². The van der Waals surface area contributed by atoms with E-state index in [2.05, 4.69) is 14.9 Å². The van der Waals surface area contributed by atoms with E-state index in [0.717, 1.165) is 16.9 Å². The number of aryl methyl sites for hydroxylation is 3. The molecule has 0 saturated heterocycles. The van der Waals surface area contributed by atoms with Gasteiger partial charge in [-0.25, -0.2) is 13.1 Å². The number of nitrogens with one attached hydrogen (secondary N) is 2. The molecule has 1 aromatic heterocycles. The van der Waals surface area contributed by atoms with Gasteiger partial charge in [-0.1, -0.05) is 12.1 Å². The van der Waals surface area contributed by atoms with Crippen LogP contribution in [0.3, 0.4) is 0 Å². The molecule has 120 valence electrons. The van der Waals surface area contributed by atoms with E-state index in [0.29, 0.717) is 18.0 Å². The largest absolute Gasteiger partial charge is 0.494 e. The van der Waals surface area contributed by atoms with E-state index in [1.165, 1.54) is 0 Å². The molecule has 0 radical (unpaired) electrons. The standard InChI is InChI=1S/C15H21N3O3S/c1-5-21-14-7-6-13(8-10(14)2)9-16-22(19,20)15-11(3)17-18-12(15)4/h6-8,16H,5,9H2,1-4H3,(H,17,18). The highest BCUT2D eigenvalue weighted by Gasteiger charge is 2.21. The van der Waals surface area contributed by atoms with Crippen molar-refractivity contribution in [3.63, 3.8) is 0 Å². The molecule has 0 aliphatic carbocycles. The zero-order valence-electron chi connectivity index (χ0n) is 13.2. The third-order valence-electron chi connectivity index (χ3n) is 3.33. The third kappa shape index (κ3) is 3.48. The fourth-order valence-electron chi connectivity index (χ4n) is 2.33. The number of benzene rings is 1. The molecule has 7 heteroatoms. The molecule has 0 amide bonds. The van der Waals surface area contributed by atoms with Gasteiger partial charge in [0.1, 0.15) is 10.6 Å². The fraction of sp³-hybridized carbons (Fsp3) is 0.400. The van der Waals surface area contributed by atoms with E-state index < -0.39 is 10.0 Å². The molecule has 2 rings (SSSR count). The molecule has 0 atom stereocenters. The van der Waals surface area contributed by atoms with Crippen molar-refractivity contribution in [3.05, 3.63) is 40.7 Å². The first-order chi connectivity index (χ1) is 10.3. The Balaban J connectivity index is 2.14. The van der Waals surface area contributed by atoms with Crippen LogP contribution in [0, 0.1) is 20.8 Å². The van der Waals surface area contributed by atoms with Crippen molar-refractivity contribution in [2.75, 3.05) is 6.61 Å². The summed E-state index contributed by atoms with van der Waals surface area (Å²) in [5, 5.41) is 6.61. The molecule has 0 saturated carbocycles. The highest BCUT2D eigenvalue weighted by atomic mass is 32.2. The molecule has 0 aliphatic heterocycles. The maximum absolute atomic E-state index is 12.4. The van der Waals surface area contributed by atoms with Gasteiger partial charge in [0, 0.05) is 6.54 Å². The van der Waals surface area contributed by atoms with E-state index in [-0.39, 0.29) is 11.4 Å². The minimum absolute atomic E-state index is 0.218. The summed E-state index contributed by atoms with van der Waals surface area (Å²) in [4.78, 5) is 0.218. The molecular formula is C15H21N3O3S. The van der Waals surface area contributed by atoms with Gasteiger partial charge in [-0.05, 0) is 44.9 Å². The van der Waals surface area contributed by atoms with Crippen molar-refractivity contribution < 1.29 is 13.2 Å². The smallest absolute Gasteiger partial charge is 0.244 e. The summed E-state index contributed by atoms with van der Waals surface area (Å²) in [6.07, 6.45) is 0. The summed E-state index contributed by atoms with van der Waals surface area (Å²) in [5.41, 5.74) is 2.86. The normalized spacial score (nSPS) is 11.6. The van der Waals surface area contributed by atoms with Crippen molar-refractivity contribution in [1.82, 2.24) is 14.9 Å². The highest BCUT2D eigenvalue weighted by Crippen LogP contribution is 2.20. The summed E-state index contributed by atoms with van der Waals surface area (Å²) in [6.45, 7) is 8.05. The number of nitrogens with zero attached hydrogens (tertiary/aromatic N) is 1. The number of sulfonamides is 1. The molecule has 0 bridgehead atoms. The minimum Gasteiger partial charge on any atom is -0.494 e. The second-order valence-corrected chi connectivity index (χ2v) is 6.82. The summed E-state index contributed by atoms with van der Waals surface area (Å²) in [5.74, 6) is 0.815. The maximum Gasteiger partial charge on any atom is 0.244 e. The van der Waals surface area contributed by atoms with Crippen LogP contribution in [0.2, 0.25) is 0 Å². The van der Waals surface area contributed by atoms with Crippen LogP contribution in [0.4, 0.5) is 0 Å². The van der Waals surface area contributed by atoms with Gasteiger partial charge in [0.2, 0.25) is 10.0 Å². The van der Waals surface area contributed by atoms with Crippen LogP contribution in [-0.4, -0.2) is 25.2 Å². The van der Waals surface area contributed by atoms with Gasteiger partial charge >= 0.3 is 0 Å². The number of hydrogen-bond acceptors (Lipinski definition) is 4. The number of hydrogen-bond donors (Lipinski definition) is 2. The van der Waals surface area contributed by atoms with E-state index in [1.807, 2.05) is 32.0 Å². The van der Waals surface area contributed by atoms with Crippen molar-refractivity contribution in [3.8, 4) is 5.75 Å². The van der Waals surface area contributed by atoms with Crippen LogP contribution < -0.4 is 9.46 Å². The van der Waals surface area contributed by atoms with E-state index in [4.69, 9.17) is 4.74 Å². The summed E-state index contributed by atoms with van der Waals surface area (Å²) in [6, 6.07) is 5.63. The molecule has 1 heterocycles. The third-order valence-corrected chi connectivity index (χ3v) is 5.00. The van der Waals surface area contributed by atoms with Crippen molar-refractivity contribution in [1.29, 1.82) is 0 Å². The molecule has 22 heavy (non-hydrogen) atoms. The minimum atomic E-state index is -3.58. The zero-order chi connectivity index (χ0) is 16.3. The van der Waals surface area contributed by atoms with Gasteiger partial charge in [-0.15, -0.1) is 0 Å². The van der Waals surface area contributed by atoms with Crippen LogP contribution in [0.25, 0.3) is 0 Å². The Morgan fingerprint density at radius 1 is 1.27 bits per heavy atom. The molecule has 0 unspecified atom stereocenters. The van der Waals surface area contributed by atoms with Crippen LogP contribution >= 0.6 is 0 Å². The SMILES string of the molecule is CCOc1ccc(CNS(=O)(=O)c2c(C)n[nH]c2C)cc1C. The van der Waals surface area contributed by atoms with Crippen LogP contribution in [0.15, 0.2) is 23.1 Å². The first-order valence-corrected chi connectivity index (χ1v) is 8.57. The molecule has 2 N–H and O–H groups in total. The van der Waals surface area contributed by atoms with E-state index in [1.54, 1.807) is 13.8 Å². The average molecular weight is 323 g/mol. The summed E-state index contributed by atoms with van der Waals surface area (Å²) < 4.78 is 32.8. The van der Waals surface area contributed by atoms with E-state index >= 15 is 0 Å². The van der Waals surface area contributed by atoms with Crippen LogP contribution in [0.1, 0.15) is 29.4 Å². The Hall–Kier alpha value is -1.86. The molecule has 2 aromatic rings. The summed E-state index contributed by atoms with van der Waals surface area (Å²) >= 11 is 0. The van der Waals surface area contributed by atoms with Gasteiger partial charge in [-0.3, -0.25) is 5.10 Å². The number of H-pyrrole nitrogens is 1. The molecular weight excluding hydrogens is 302 g/mol. The monoisotopic (exact) mass is 323 g/mol. The Kier molecular flexibility index (Phi) is 4.87. The Labute approximate surface area is 130 Å². The summed E-state index contributed by atoms with van der Waals surface area (Å²) in [7, 11) is -3.58. The van der Waals surface area contributed by atoms with E-state index in [9.17, 15) is 8.42 Å². The Bertz CT molecular complexity index is 747. The van der Waals surface area contributed by atoms with Crippen LogP contribution in [-0.2, 0) is 16.6 Å². The van der Waals surface area contributed by atoms with Gasteiger partial charge in [0.25, 0.3) is 0 Å². The Morgan fingerprint density at radius 2 is 2.00 bits per heavy atom. The molecule has 6 nitrogen and oxygen atoms in total. The van der Waals surface area contributed by atoms with Gasteiger partial charge in [0.15, 0.2) is 0 Å². The van der Waals surface area contributed by atoms with Crippen LogP contribution in [0.5, 0.6) is 5.75 Å². The molecule has 0 aliphatic rings. The predicted molar refractivity (Wildman–Crippen MR) is 84.4 cm³/mol. The average Bonchev–Trinajstić information content (AvgIpc) is 2.79. The van der Waals surface area contributed by atoms with Crippen molar-refractivity contribution in [2.45, 2.75) is 39.1 Å². The second-order valence-electron chi connectivity index (χ2n) is 5.12. The van der Waals surface area contributed by atoms with Gasteiger partial charge in [0.05, 0.1) is 18.0 Å². The zero-order valence-corrected chi connectivity index (χ0v) is 14.0. The molecule has 0 fully saturated rings.